The molecule has 0 aromatic carbocycles. The molecule has 1 saturated heterocycles. The molecule has 1 fully saturated rings. The number of H-pyrrole nitrogens is 1. The van der Waals surface area contributed by atoms with Gasteiger partial charge in [0.1, 0.15) is 11.4 Å². The van der Waals surface area contributed by atoms with E-state index in [0.717, 1.165) is 0 Å². The number of amides is 1. The van der Waals surface area contributed by atoms with Gasteiger partial charge in [0.15, 0.2) is 9.84 Å². The molecule has 1 aliphatic rings. The van der Waals surface area contributed by atoms with E-state index in [1.165, 1.54) is 6.20 Å². The Labute approximate surface area is 138 Å². The monoisotopic (exact) mass is 348 g/mol. The van der Waals surface area contributed by atoms with Crippen molar-refractivity contribution in [2.24, 2.45) is 5.92 Å². The zero-order chi connectivity index (χ0) is 17.2. The van der Waals surface area contributed by atoms with E-state index in [0.29, 0.717) is 17.8 Å². The number of aromatic amines is 1. The predicted molar refractivity (Wildman–Crippen MR) is 87.2 cm³/mol. The van der Waals surface area contributed by atoms with Crippen LogP contribution < -0.4 is 10.9 Å². The number of carbonyl (C=O) groups is 1. The number of sulfone groups is 1. The molecule has 0 radical (unpaired) electrons. The Morgan fingerprint density at radius 1 is 1.38 bits per heavy atom. The van der Waals surface area contributed by atoms with Crippen LogP contribution in [0.15, 0.2) is 35.5 Å². The third kappa shape index (κ3) is 3.67. The Morgan fingerprint density at radius 2 is 2.21 bits per heavy atom. The van der Waals surface area contributed by atoms with Gasteiger partial charge in [0, 0.05) is 30.7 Å². The van der Waals surface area contributed by atoms with Crippen LogP contribution in [0.1, 0.15) is 16.8 Å². The Balaban J connectivity index is 1.69. The molecule has 2 N–H and O–H groups in total. The van der Waals surface area contributed by atoms with Crippen LogP contribution in [0, 0.1) is 5.92 Å². The molecule has 1 atom stereocenters. The minimum absolute atomic E-state index is 0.0713. The SMILES string of the molecule is O=C(NC[C@H]1CCS(=O)(=O)C1)c1cnc(-c2cccnc2)[nH]c1=O. The quantitative estimate of drug-likeness (QED) is 0.802. The second kappa shape index (κ2) is 6.52. The van der Waals surface area contributed by atoms with E-state index in [9.17, 15) is 18.0 Å². The number of nitrogens with zero attached hydrogens (tertiary/aromatic N) is 2. The van der Waals surface area contributed by atoms with Crippen LogP contribution in [0.4, 0.5) is 0 Å². The molecule has 3 rings (SSSR count). The van der Waals surface area contributed by atoms with Gasteiger partial charge < -0.3 is 10.3 Å². The summed E-state index contributed by atoms with van der Waals surface area (Å²) in [5.41, 5.74) is -0.0263. The first-order valence-electron chi connectivity index (χ1n) is 7.43. The molecule has 0 unspecified atom stereocenters. The minimum atomic E-state index is -2.99. The van der Waals surface area contributed by atoms with Crippen molar-refractivity contribution >= 4 is 15.7 Å². The Morgan fingerprint density at radius 3 is 2.83 bits per heavy atom. The topological polar surface area (TPSA) is 122 Å². The van der Waals surface area contributed by atoms with Gasteiger partial charge in [0.25, 0.3) is 11.5 Å². The van der Waals surface area contributed by atoms with E-state index < -0.39 is 21.3 Å². The van der Waals surface area contributed by atoms with Crippen LogP contribution in [-0.4, -0.2) is 47.3 Å². The number of rotatable bonds is 4. The molecular weight excluding hydrogens is 332 g/mol. The van der Waals surface area contributed by atoms with Crippen molar-refractivity contribution in [1.82, 2.24) is 20.3 Å². The molecule has 3 heterocycles. The lowest BCUT2D eigenvalue weighted by molar-refractivity contribution is 0.0946. The van der Waals surface area contributed by atoms with E-state index in [-0.39, 0.29) is 29.5 Å². The molecule has 1 amide bonds. The van der Waals surface area contributed by atoms with Crippen molar-refractivity contribution in [2.45, 2.75) is 6.42 Å². The zero-order valence-electron chi connectivity index (χ0n) is 12.7. The second-order valence-electron chi connectivity index (χ2n) is 5.70. The van der Waals surface area contributed by atoms with Crippen molar-refractivity contribution in [2.75, 3.05) is 18.1 Å². The third-order valence-corrected chi connectivity index (χ3v) is 5.69. The molecule has 2 aromatic rings. The summed E-state index contributed by atoms with van der Waals surface area (Å²) in [6.45, 7) is 0.224. The summed E-state index contributed by atoms with van der Waals surface area (Å²) < 4.78 is 22.8. The first kappa shape index (κ1) is 16.3. The highest BCUT2D eigenvalue weighted by Crippen LogP contribution is 2.17. The summed E-state index contributed by atoms with van der Waals surface area (Å²) in [6.07, 6.45) is 4.89. The molecule has 0 bridgehead atoms. The fraction of sp³-hybridized carbons (Fsp3) is 0.333. The normalized spacial score (nSPS) is 19.1. The lowest BCUT2D eigenvalue weighted by atomic mass is 10.1. The summed E-state index contributed by atoms with van der Waals surface area (Å²) in [5, 5.41) is 2.60. The largest absolute Gasteiger partial charge is 0.352 e. The molecule has 9 heteroatoms. The van der Waals surface area contributed by atoms with Gasteiger partial charge in [-0.25, -0.2) is 13.4 Å². The van der Waals surface area contributed by atoms with Crippen molar-refractivity contribution in [3.63, 3.8) is 0 Å². The summed E-state index contributed by atoms with van der Waals surface area (Å²) in [5.74, 6) is -0.130. The van der Waals surface area contributed by atoms with Gasteiger partial charge in [-0.3, -0.25) is 14.6 Å². The summed E-state index contributed by atoms with van der Waals surface area (Å²) in [4.78, 5) is 34.8. The van der Waals surface area contributed by atoms with E-state index >= 15 is 0 Å². The van der Waals surface area contributed by atoms with E-state index in [1.54, 1.807) is 24.5 Å². The maximum atomic E-state index is 12.1. The second-order valence-corrected chi connectivity index (χ2v) is 7.92. The number of hydrogen-bond acceptors (Lipinski definition) is 6. The van der Waals surface area contributed by atoms with Gasteiger partial charge in [-0.15, -0.1) is 0 Å². The highest BCUT2D eigenvalue weighted by molar-refractivity contribution is 7.91. The minimum Gasteiger partial charge on any atom is -0.352 e. The fourth-order valence-corrected chi connectivity index (χ4v) is 4.43. The summed E-state index contributed by atoms with van der Waals surface area (Å²) in [7, 11) is -2.99. The Bertz CT molecular complexity index is 909. The average Bonchev–Trinajstić information content (AvgIpc) is 2.92. The van der Waals surface area contributed by atoms with Crippen molar-refractivity contribution < 1.29 is 13.2 Å². The number of hydrogen-bond donors (Lipinski definition) is 2. The van der Waals surface area contributed by atoms with Crippen LogP contribution in [0.3, 0.4) is 0 Å². The Kier molecular flexibility index (Phi) is 4.43. The van der Waals surface area contributed by atoms with E-state index in [4.69, 9.17) is 0 Å². The van der Waals surface area contributed by atoms with Gasteiger partial charge in [-0.05, 0) is 24.5 Å². The zero-order valence-corrected chi connectivity index (χ0v) is 13.5. The van der Waals surface area contributed by atoms with Crippen molar-refractivity contribution in [1.29, 1.82) is 0 Å². The molecule has 0 spiro atoms. The molecule has 24 heavy (non-hydrogen) atoms. The molecule has 1 aliphatic heterocycles. The predicted octanol–water partition coefficient (Wildman–Crippen LogP) is -0.00360. The lowest BCUT2D eigenvalue weighted by Gasteiger charge is -2.09. The van der Waals surface area contributed by atoms with E-state index in [1.807, 2.05) is 0 Å². The molecule has 8 nitrogen and oxygen atoms in total. The summed E-state index contributed by atoms with van der Waals surface area (Å²) in [6, 6.07) is 3.46. The molecule has 0 aliphatic carbocycles. The molecule has 126 valence electrons. The number of carbonyl (C=O) groups excluding carboxylic acids is 1. The first-order chi connectivity index (χ1) is 11.4. The molecular formula is C15H16N4O4S. The standard InChI is InChI=1S/C15H16N4O4S/c20-14(18-6-10-3-5-24(22,23)9-10)12-8-17-13(19-15(12)21)11-2-1-4-16-7-11/h1-2,4,7-8,10H,3,5-6,9H2,(H,18,20)(H,17,19,21)/t10-/m1/s1. The van der Waals surface area contributed by atoms with Gasteiger partial charge >= 0.3 is 0 Å². The number of pyridine rings is 1. The Hall–Kier alpha value is -2.55. The number of aromatic nitrogens is 3. The smallest absolute Gasteiger partial charge is 0.264 e. The lowest BCUT2D eigenvalue weighted by Crippen LogP contribution is -2.33. The average molecular weight is 348 g/mol. The van der Waals surface area contributed by atoms with Crippen LogP contribution >= 0.6 is 0 Å². The maximum absolute atomic E-state index is 12.1. The summed E-state index contributed by atoms with van der Waals surface area (Å²) >= 11 is 0. The number of nitrogens with one attached hydrogen (secondary N) is 2. The van der Waals surface area contributed by atoms with Gasteiger partial charge in [-0.1, -0.05) is 0 Å². The highest BCUT2D eigenvalue weighted by atomic mass is 32.2. The van der Waals surface area contributed by atoms with Gasteiger partial charge in [0.05, 0.1) is 11.5 Å². The van der Waals surface area contributed by atoms with Crippen molar-refractivity contribution in [3.05, 3.63) is 46.6 Å². The van der Waals surface area contributed by atoms with Gasteiger partial charge in [-0.2, -0.15) is 0 Å². The molecule has 2 aromatic heterocycles. The highest BCUT2D eigenvalue weighted by Gasteiger charge is 2.28. The first-order valence-corrected chi connectivity index (χ1v) is 9.25. The van der Waals surface area contributed by atoms with Crippen LogP contribution in [0.25, 0.3) is 11.4 Å². The fourth-order valence-electron chi connectivity index (χ4n) is 2.57. The van der Waals surface area contributed by atoms with E-state index in [2.05, 4.69) is 20.3 Å². The maximum Gasteiger partial charge on any atom is 0.264 e. The van der Waals surface area contributed by atoms with Crippen LogP contribution in [0.5, 0.6) is 0 Å². The third-order valence-electron chi connectivity index (χ3n) is 3.86. The van der Waals surface area contributed by atoms with Crippen LogP contribution in [-0.2, 0) is 9.84 Å². The van der Waals surface area contributed by atoms with Crippen LogP contribution in [0.2, 0.25) is 0 Å². The molecule has 0 saturated carbocycles. The van der Waals surface area contributed by atoms with Gasteiger partial charge in [0.2, 0.25) is 0 Å². The van der Waals surface area contributed by atoms with Crippen molar-refractivity contribution in [3.8, 4) is 11.4 Å².